The van der Waals surface area contributed by atoms with Crippen LogP contribution in [0, 0.1) is 12.7 Å². The molecule has 3 N–H and O–H groups in total. The Morgan fingerprint density at radius 2 is 2.05 bits per heavy atom. The normalized spacial score (nSPS) is 10.4. The van der Waals surface area contributed by atoms with Gasteiger partial charge in [-0.1, -0.05) is 27.5 Å². The molecule has 0 bridgehead atoms. The number of nitrogen functional groups attached to an aromatic ring is 1. The molecule has 2 aromatic rings. The molecule has 0 saturated carbocycles. The molecule has 6 heteroatoms. The lowest BCUT2D eigenvalue weighted by atomic mass is 10.1. The maximum atomic E-state index is 13.7. The number of benzene rings is 2. The number of carbonyl (C=O) groups is 1. The fourth-order valence-corrected chi connectivity index (χ4v) is 2.54. The molecule has 0 radical (unpaired) electrons. The minimum Gasteiger partial charge on any atom is -0.397 e. The van der Waals surface area contributed by atoms with Gasteiger partial charge in [-0.25, -0.2) is 4.39 Å². The van der Waals surface area contributed by atoms with Gasteiger partial charge < -0.3 is 11.1 Å². The van der Waals surface area contributed by atoms with Gasteiger partial charge in [0.1, 0.15) is 5.82 Å². The molecule has 20 heavy (non-hydrogen) atoms. The summed E-state index contributed by atoms with van der Waals surface area (Å²) in [6, 6.07) is 7.36. The van der Waals surface area contributed by atoms with Crippen LogP contribution in [0.5, 0.6) is 0 Å². The lowest BCUT2D eigenvalue weighted by molar-refractivity contribution is 0.102. The first-order valence-electron chi connectivity index (χ1n) is 5.70. The summed E-state index contributed by atoms with van der Waals surface area (Å²) >= 11 is 8.96. The summed E-state index contributed by atoms with van der Waals surface area (Å²) in [5.74, 6) is -1.25. The van der Waals surface area contributed by atoms with Crippen molar-refractivity contribution in [3.63, 3.8) is 0 Å². The summed E-state index contributed by atoms with van der Waals surface area (Å²) in [7, 11) is 0. The van der Waals surface area contributed by atoms with E-state index in [1.807, 2.05) is 6.07 Å². The molecule has 2 rings (SSSR count). The van der Waals surface area contributed by atoms with Crippen molar-refractivity contribution in [2.45, 2.75) is 6.92 Å². The molecule has 0 atom stereocenters. The van der Waals surface area contributed by atoms with Gasteiger partial charge in [-0.15, -0.1) is 0 Å². The highest BCUT2D eigenvalue weighted by atomic mass is 79.9. The number of aryl methyl sites for hydroxylation is 1. The quantitative estimate of drug-likeness (QED) is 0.783. The molecule has 0 spiro atoms. The SMILES string of the molecule is Cc1cc(Br)cc(N)c1NC(=O)c1ccc(Cl)cc1F. The van der Waals surface area contributed by atoms with Gasteiger partial charge in [0.05, 0.1) is 16.9 Å². The predicted octanol–water partition coefficient (Wildman–Crippen LogP) is 4.38. The van der Waals surface area contributed by atoms with Crippen LogP contribution in [-0.4, -0.2) is 5.91 Å². The van der Waals surface area contributed by atoms with Crippen LogP contribution in [0.15, 0.2) is 34.8 Å². The van der Waals surface area contributed by atoms with Crippen molar-refractivity contribution in [2.24, 2.45) is 0 Å². The van der Waals surface area contributed by atoms with Gasteiger partial charge >= 0.3 is 0 Å². The molecule has 1 amide bonds. The maximum absolute atomic E-state index is 13.7. The number of rotatable bonds is 2. The van der Waals surface area contributed by atoms with Crippen molar-refractivity contribution >= 4 is 44.8 Å². The van der Waals surface area contributed by atoms with Crippen molar-refractivity contribution in [1.82, 2.24) is 0 Å². The summed E-state index contributed by atoms with van der Waals surface area (Å²) in [5, 5.41) is 2.85. The van der Waals surface area contributed by atoms with Crippen LogP contribution < -0.4 is 11.1 Å². The second kappa shape index (κ2) is 5.81. The fraction of sp³-hybridized carbons (Fsp3) is 0.0714. The van der Waals surface area contributed by atoms with Crippen LogP contribution in [0.4, 0.5) is 15.8 Å². The number of anilines is 2. The van der Waals surface area contributed by atoms with Crippen LogP contribution in [-0.2, 0) is 0 Å². The van der Waals surface area contributed by atoms with E-state index in [0.717, 1.165) is 16.1 Å². The zero-order valence-electron chi connectivity index (χ0n) is 10.5. The molecule has 0 aliphatic heterocycles. The van der Waals surface area contributed by atoms with E-state index >= 15 is 0 Å². The molecular formula is C14H11BrClFN2O. The summed E-state index contributed by atoms with van der Waals surface area (Å²) in [6.45, 7) is 1.80. The van der Waals surface area contributed by atoms with Crippen LogP contribution in [0.2, 0.25) is 5.02 Å². The first kappa shape index (κ1) is 14.8. The van der Waals surface area contributed by atoms with Crippen LogP contribution >= 0.6 is 27.5 Å². The van der Waals surface area contributed by atoms with Crippen molar-refractivity contribution in [3.05, 3.63) is 56.8 Å². The minimum atomic E-state index is -0.677. The molecule has 0 heterocycles. The second-order valence-corrected chi connectivity index (χ2v) is 5.62. The van der Waals surface area contributed by atoms with Gasteiger partial charge in [0.25, 0.3) is 5.91 Å². The van der Waals surface area contributed by atoms with Crippen molar-refractivity contribution < 1.29 is 9.18 Å². The lowest BCUT2D eigenvalue weighted by Crippen LogP contribution is -2.15. The molecule has 2 aromatic carbocycles. The summed E-state index contributed by atoms with van der Waals surface area (Å²) in [6.07, 6.45) is 0. The molecule has 3 nitrogen and oxygen atoms in total. The van der Waals surface area contributed by atoms with E-state index < -0.39 is 11.7 Å². The number of amides is 1. The molecule has 0 aliphatic carbocycles. The molecule has 0 aromatic heterocycles. The first-order chi connectivity index (χ1) is 9.38. The van der Waals surface area contributed by atoms with E-state index in [1.54, 1.807) is 13.0 Å². The standard InChI is InChI=1S/C14H11BrClFN2O/c1-7-4-8(15)5-12(18)13(7)19-14(20)10-3-2-9(16)6-11(10)17/h2-6H,18H2,1H3,(H,19,20). The Labute approximate surface area is 129 Å². The molecular weight excluding hydrogens is 347 g/mol. The zero-order valence-corrected chi connectivity index (χ0v) is 12.8. The van der Waals surface area contributed by atoms with E-state index in [9.17, 15) is 9.18 Å². The smallest absolute Gasteiger partial charge is 0.258 e. The number of carbonyl (C=O) groups excluding carboxylic acids is 1. The van der Waals surface area contributed by atoms with Gasteiger partial charge in [-0.05, 0) is 42.8 Å². The Morgan fingerprint density at radius 1 is 1.35 bits per heavy atom. The van der Waals surface area contributed by atoms with Gasteiger partial charge in [0.15, 0.2) is 0 Å². The highest BCUT2D eigenvalue weighted by Gasteiger charge is 2.15. The molecule has 0 saturated heterocycles. The van der Waals surface area contributed by atoms with Gasteiger partial charge in [-0.2, -0.15) is 0 Å². The first-order valence-corrected chi connectivity index (χ1v) is 6.87. The van der Waals surface area contributed by atoms with E-state index in [4.69, 9.17) is 17.3 Å². The highest BCUT2D eigenvalue weighted by molar-refractivity contribution is 9.10. The number of hydrogen-bond acceptors (Lipinski definition) is 2. The van der Waals surface area contributed by atoms with Crippen molar-refractivity contribution in [2.75, 3.05) is 11.1 Å². The topological polar surface area (TPSA) is 55.1 Å². The van der Waals surface area contributed by atoms with Gasteiger partial charge in [0, 0.05) is 9.50 Å². The van der Waals surface area contributed by atoms with Gasteiger partial charge in [-0.3, -0.25) is 4.79 Å². The molecule has 0 aliphatic rings. The van der Waals surface area contributed by atoms with Gasteiger partial charge in [0.2, 0.25) is 0 Å². The molecule has 104 valence electrons. The summed E-state index contributed by atoms with van der Waals surface area (Å²) < 4.78 is 14.5. The van der Waals surface area contributed by atoms with Crippen molar-refractivity contribution in [3.8, 4) is 0 Å². The van der Waals surface area contributed by atoms with Crippen molar-refractivity contribution in [1.29, 1.82) is 0 Å². The number of nitrogens with two attached hydrogens (primary N) is 1. The number of nitrogens with one attached hydrogen (secondary N) is 1. The number of hydrogen-bond donors (Lipinski definition) is 2. The summed E-state index contributed by atoms with van der Waals surface area (Å²) in [4.78, 5) is 12.1. The lowest BCUT2D eigenvalue weighted by Gasteiger charge is -2.12. The second-order valence-electron chi connectivity index (χ2n) is 4.27. The van der Waals surface area contributed by atoms with E-state index in [2.05, 4.69) is 21.2 Å². The fourth-order valence-electron chi connectivity index (χ4n) is 1.79. The van der Waals surface area contributed by atoms with Crippen LogP contribution in [0.3, 0.4) is 0 Å². The molecule has 0 unspecified atom stereocenters. The molecule has 0 fully saturated rings. The van der Waals surface area contributed by atoms with E-state index in [0.29, 0.717) is 11.4 Å². The monoisotopic (exact) mass is 356 g/mol. The highest BCUT2D eigenvalue weighted by Crippen LogP contribution is 2.28. The Morgan fingerprint density at radius 3 is 2.65 bits per heavy atom. The van der Waals surface area contributed by atoms with E-state index in [1.165, 1.54) is 12.1 Å². The zero-order chi connectivity index (χ0) is 14.9. The Bertz CT molecular complexity index is 668. The third-order valence-corrected chi connectivity index (χ3v) is 3.44. The number of halogens is 3. The minimum absolute atomic E-state index is 0.0869. The average molecular weight is 358 g/mol. The maximum Gasteiger partial charge on any atom is 0.258 e. The Kier molecular flexibility index (Phi) is 4.30. The third kappa shape index (κ3) is 3.11. The van der Waals surface area contributed by atoms with E-state index in [-0.39, 0.29) is 10.6 Å². The third-order valence-electron chi connectivity index (χ3n) is 2.75. The Hall–Kier alpha value is -1.59. The average Bonchev–Trinajstić information content (AvgIpc) is 2.33. The van der Waals surface area contributed by atoms with Crippen LogP contribution in [0.1, 0.15) is 15.9 Å². The summed E-state index contributed by atoms with van der Waals surface area (Å²) in [5.41, 5.74) is 7.41. The largest absolute Gasteiger partial charge is 0.397 e. The van der Waals surface area contributed by atoms with Crippen LogP contribution in [0.25, 0.3) is 0 Å². The predicted molar refractivity (Wildman–Crippen MR) is 82.7 cm³/mol. The Balaban J connectivity index is 2.33.